The standard InChI is InChI=1S/C23H19ClN2O2S/c1-3-13-26-18-11-10-16(24)14-20(18)29-23(26)25-22(27)21-17-8-6-5-7-15(17)9-12-19(21)28-4-2/h3,5-12,14H,1,4,13H2,2H3. The maximum absolute atomic E-state index is 13.3. The molecular weight excluding hydrogens is 404 g/mol. The van der Waals surface area contributed by atoms with E-state index in [1.54, 1.807) is 6.08 Å². The van der Waals surface area contributed by atoms with Gasteiger partial charge >= 0.3 is 0 Å². The Balaban J connectivity index is 1.94. The zero-order chi connectivity index (χ0) is 20.4. The van der Waals surface area contributed by atoms with Crippen LogP contribution < -0.4 is 9.54 Å². The van der Waals surface area contributed by atoms with Crippen LogP contribution in [0.2, 0.25) is 5.02 Å². The van der Waals surface area contributed by atoms with Crippen molar-refractivity contribution in [1.82, 2.24) is 4.57 Å². The van der Waals surface area contributed by atoms with Crippen molar-refractivity contribution in [2.75, 3.05) is 6.61 Å². The van der Waals surface area contributed by atoms with Crippen molar-refractivity contribution in [3.05, 3.63) is 82.6 Å². The molecule has 4 rings (SSSR count). The van der Waals surface area contributed by atoms with Gasteiger partial charge in [0.1, 0.15) is 5.75 Å². The number of hydrogen-bond acceptors (Lipinski definition) is 3. The van der Waals surface area contributed by atoms with E-state index in [0.717, 1.165) is 21.0 Å². The second-order valence-electron chi connectivity index (χ2n) is 6.41. The lowest BCUT2D eigenvalue weighted by Gasteiger charge is -2.10. The molecule has 0 N–H and O–H groups in total. The quantitative estimate of drug-likeness (QED) is 0.379. The molecule has 0 saturated carbocycles. The maximum atomic E-state index is 13.3. The smallest absolute Gasteiger partial charge is 0.284 e. The van der Waals surface area contributed by atoms with Crippen LogP contribution >= 0.6 is 22.9 Å². The molecule has 0 unspecified atom stereocenters. The summed E-state index contributed by atoms with van der Waals surface area (Å²) < 4.78 is 8.67. The van der Waals surface area contributed by atoms with E-state index < -0.39 is 0 Å². The molecule has 0 aliphatic rings. The van der Waals surface area contributed by atoms with Gasteiger partial charge in [-0.05, 0) is 42.0 Å². The van der Waals surface area contributed by atoms with E-state index in [1.807, 2.05) is 66.1 Å². The second-order valence-corrected chi connectivity index (χ2v) is 7.85. The van der Waals surface area contributed by atoms with Gasteiger partial charge < -0.3 is 9.30 Å². The van der Waals surface area contributed by atoms with Crippen LogP contribution in [0.5, 0.6) is 5.75 Å². The van der Waals surface area contributed by atoms with Crippen LogP contribution in [-0.2, 0) is 6.54 Å². The summed E-state index contributed by atoms with van der Waals surface area (Å²) >= 11 is 7.57. The summed E-state index contributed by atoms with van der Waals surface area (Å²) in [4.78, 5) is 18.4. The van der Waals surface area contributed by atoms with Crippen molar-refractivity contribution in [3.8, 4) is 5.75 Å². The van der Waals surface area contributed by atoms with Crippen LogP contribution in [0.1, 0.15) is 17.3 Å². The zero-order valence-electron chi connectivity index (χ0n) is 15.9. The zero-order valence-corrected chi connectivity index (χ0v) is 17.5. The van der Waals surface area contributed by atoms with Crippen LogP contribution in [0.3, 0.4) is 0 Å². The highest BCUT2D eigenvalue weighted by atomic mass is 35.5. The lowest BCUT2D eigenvalue weighted by molar-refractivity contribution is 0.0996. The molecule has 0 radical (unpaired) electrons. The van der Waals surface area contributed by atoms with Gasteiger partial charge in [-0.25, -0.2) is 0 Å². The van der Waals surface area contributed by atoms with E-state index in [2.05, 4.69) is 11.6 Å². The molecule has 0 aliphatic carbocycles. The fraction of sp³-hybridized carbons (Fsp3) is 0.130. The van der Waals surface area contributed by atoms with Crippen molar-refractivity contribution in [2.45, 2.75) is 13.5 Å². The van der Waals surface area contributed by atoms with Gasteiger partial charge in [0.05, 0.1) is 22.4 Å². The van der Waals surface area contributed by atoms with Crippen LogP contribution in [0.25, 0.3) is 21.0 Å². The van der Waals surface area contributed by atoms with Gasteiger partial charge in [-0.2, -0.15) is 4.99 Å². The monoisotopic (exact) mass is 422 g/mol. The number of allylic oxidation sites excluding steroid dienone is 1. The molecular formula is C23H19ClN2O2S. The first-order chi connectivity index (χ1) is 14.1. The van der Waals surface area contributed by atoms with Crippen molar-refractivity contribution in [2.24, 2.45) is 4.99 Å². The van der Waals surface area contributed by atoms with Gasteiger partial charge in [-0.3, -0.25) is 4.79 Å². The number of halogens is 1. The van der Waals surface area contributed by atoms with Gasteiger partial charge in [-0.15, -0.1) is 6.58 Å². The summed E-state index contributed by atoms with van der Waals surface area (Å²) in [7, 11) is 0. The molecule has 0 spiro atoms. The summed E-state index contributed by atoms with van der Waals surface area (Å²) in [6, 6.07) is 17.2. The Hall–Kier alpha value is -2.89. The van der Waals surface area contributed by atoms with Crippen LogP contribution in [0.15, 0.2) is 72.2 Å². The molecule has 0 bridgehead atoms. The molecule has 29 heavy (non-hydrogen) atoms. The normalized spacial score (nSPS) is 11.9. The van der Waals surface area contributed by atoms with Crippen molar-refractivity contribution in [1.29, 1.82) is 0 Å². The third-order valence-corrected chi connectivity index (χ3v) is 5.83. The fourth-order valence-corrected chi connectivity index (χ4v) is 4.64. The topological polar surface area (TPSA) is 43.6 Å². The third kappa shape index (κ3) is 3.71. The van der Waals surface area contributed by atoms with Crippen LogP contribution in [-0.4, -0.2) is 17.1 Å². The van der Waals surface area contributed by atoms with E-state index >= 15 is 0 Å². The second kappa shape index (κ2) is 8.23. The van der Waals surface area contributed by atoms with Crippen molar-refractivity contribution < 1.29 is 9.53 Å². The Labute approximate surface area is 177 Å². The summed E-state index contributed by atoms with van der Waals surface area (Å²) in [6.07, 6.45) is 1.79. The number of carbonyl (C=O) groups excluding carboxylic acids is 1. The minimum Gasteiger partial charge on any atom is -0.493 e. The minimum atomic E-state index is -0.333. The molecule has 1 heterocycles. The summed E-state index contributed by atoms with van der Waals surface area (Å²) in [5.41, 5.74) is 1.44. The van der Waals surface area contributed by atoms with E-state index in [4.69, 9.17) is 16.3 Å². The SMILES string of the molecule is C=CCn1c(=NC(=O)c2c(OCC)ccc3ccccc23)sc2cc(Cl)ccc21. The Morgan fingerprint density at radius 2 is 2.07 bits per heavy atom. The maximum Gasteiger partial charge on any atom is 0.284 e. The molecule has 0 aliphatic heterocycles. The van der Waals surface area contributed by atoms with Gasteiger partial charge in [0.25, 0.3) is 5.91 Å². The first-order valence-electron chi connectivity index (χ1n) is 9.25. The summed E-state index contributed by atoms with van der Waals surface area (Å²) in [5.74, 6) is 0.208. The first kappa shape index (κ1) is 19.4. The van der Waals surface area contributed by atoms with Crippen molar-refractivity contribution in [3.63, 3.8) is 0 Å². The van der Waals surface area contributed by atoms with Gasteiger partial charge in [0, 0.05) is 11.6 Å². The van der Waals surface area contributed by atoms with Crippen molar-refractivity contribution >= 4 is 49.8 Å². The molecule has 4 aromatic rings. The van der Waals surface area contributed by atoms with Crippen LogP contribution in [0, 0.1) is 0 Å². The number of rotatable bonds is 5. The number of benzene rings is 3. The average molecular weight is 423 g/mol. The number of amides is 1. The highest BCUT2D eigenvalue weighted by Crippen LogP contribution is 2.29. The number of fused-ring (bicyclic) bond motifs is 2. The number of thiazole rings is 1. The number of aromatic nitrogens is 1. The Morgan fingerprint density at radius 1 is 1.24 bits per heavy atom. The predicted octanol–water partition coefficient (Wildman–Crippen LogP) is 5.84. The number of nitrogens with zero attached hydrogens (tertiary/aromatic N) is 2. The van der Waals surface area contributed by atoms with E-state index in [1.165, 1.54) is 11.3 Å². The Kier molecular flexibility index (Phi) is 5.51. The molecule has 1 aromatic heterocycles. The molecule has 3 aromatic carbocycles. The lowest BCUT2D eigenvalue weighted by atomic mass is 10.0. The third-order valence-electron chi connectivity index (χ3n) is 4.56. The highest BCUT2D eigenvalue weighted by molar-refractivity contribution is 7.16. The lowest BCUT2D eigenvalue weighted by Crippen LogP contribution is -2.16. The van der Waals surface area contributed by atoms with E-state index in [0.29, 0.717) is 34.3 Å². The minimum absolute atomic E-state index is 0.333. The van der Waals surface area contributed by atoms with Gasteiger partial charge in [-0.1, -0.05) is 59.3 Å². The van der Waals surface area contributed by atoms with E-state index in [9.17, 15) is 4.79 Å². The molecule has 0 fully saturated rings. The number of hydrogen-bond donors (Lipinski definition) is 0. The first-order valence-corrected chi connectivity index (χ1v) is 10.4. The Bertz CT molecular complexity index is 1300. The Morgan fingerprint density at radius 3 is 2.86 bits per heavy atom. The fourth-order valence-electron chi connectivity index (χ4n) is 3.33. The summed E-state index contributed by atoms with van der Waals surface area (Å²) in [6.45, 7) is 6.74. The predicted molar refractivity (Wildman–Crippen MR) is 120 cm³/mol. The largest absolute Gasteiger partial charge is 0.493 e. The molecule has 0 atom stereocenters. The molecule has 6 heteroatoms. The van der Waals surface area contributed by atoms with Gasteiger partial charge in [0.15, 0.2) is 4.80 Å². The average Bonchev–Trinajstić information content (AvgIpc) is 3.04. The molecule has 1 amide bonds. The summed E-state index contributed by atoms with van der Waals surface area (Å²) in [5, 5.41) is 2.44. The number of ether oxygens (including phenoxy) is 1. The molecule has 146 valence electrons. The van der Waals surface area contributed by atoms with E-state index in [-0.39, 0.29) is 5.91 Å². The molecule has 0 saturated heterocycles. The van der Waals surface area contributed by atoms with Crippen LogP contribution in [0.4, 0.5) is 0 Å². The molecule has 4 nitrogen and oxygen atoms in total. The van der Waals surface area contributed by atoms with Gasteiger partial charge in [0.2, 0.25) is 0 Å². The highest BCUT2D eigenvalue weighted by Gasteiger charge is 2.17. The number of carbonyl (C=O) groups is 1.